The van der Waals surface area contributed by atoms with Crippen molar-refractivity contribution in [2.75, 3.05) is 13.7 Å². The van der Waals surface area contributed by atoms with E-state index in [0.717, 1.165) is 6.42 Å². The molecule has 0 radical (unpaired) electrons. The number of fused-ring (bicyclic) bond motifs is 7. The Morgan fingerprint density at radius 3 is 2.17 bits per heavy atom. The average molecular weight is 673 g/mol. The maximum absolute atomic E-state index is 14.5. The molecular formula is C33H43F3O9S. The number of halogens is 3. The van der Waals surface area contributed by atoms with Crippen molar-refractivity contribution in [2.45, 2.75) is 92.0 Å². The highest BCUT2D eigenvalue weighted by Gasteiger charge is 2.73. The lowest BCUT2D eigenvalue weighted by atomic mass is 9.33. The van der Waals surface area contributed by atoms with Crippen LogP contribution in [-0.2, 0) is 38.2 Å². The molecule has 0 aromatic heterocycles. The van der Waals surface area contributed by atoms with Crippen LogP contribution in [0.1, 0.15) is 86.5 Å². The van der Waals surface area contributed by atoms with Crippen LogP contribution in [0.15, 0.2) is 23.5 Å². The molecule has 0 spiro atoms. The van der Waals surface area contributed by atoms with Crippen LogP contribution in [-0.4, -0.2) is 56.1 Å². The largest absolute Gasteiger partial charge is 0.534 e. The van der Waals surface area contributed by atoms with Gasteiger partial charge in [0.25, 0.3) is 0 Å². The summed E-state index contributed by atoms with van der Waals surface area (Å²) in [7, 11) is -4.84. The molecule has 0 aliphatic heterocycles. The van der Waals surface area contributed by atoms with Gasteiger partial charge in [-0.05, 0) is 98.5 Å². The number of esters is 1. The Hall–Kier alpha value is -2.54. The molecule has 5 rings (SSSR count). The number of aliphatic hydroxyl groups excluding tert-OH is 1. The van der Waals surface area contributed by atoms with Crippen molar-refractivity contribution >= 4 is 33.4 Å². The summed E-state index contributed by atoms with van der Waals surface area (Å²) in [6.45, 7) is 10.3. The maximum atomic E-state index is 14.5. The number of ether oxygens (including phenoxy) is 1. The topological polar surface area (TPSA) is 141 Å². The van der Waals surface area contributed by atoms with E-state index in [1.165, 1.54) is 27.0 Å². The molecule has 0 amide bonds. The molecule has 256 valence electrons. The number of allylic oxidation sites excluding steroid dienone is 3. The van der Waals surface area contributed by atoms with E-state index < -0.39 is 78.3 Å². The van der Waals surface area contributed by atoms with E-state index in [1.807, 2.05) is 13.8 Å². The lowest BCUT2D eigenvalue weighted by Crippen LogP contribution is -2.68. The van der Waals surface area contributed by atoms with Crippen LogP contribution in [0, 0.1) is 50.2 Å². The SMILES string of the molecule is COC(=O)[C@]12CCC(C)(C)C[C@H]1[C@H]1C(=O)C=C3[C@@]4(C)C(=O)C(=COS(=O)(=O)C(F)(F)F)C(=O)[C@](C)(CO)[C@@H]4CC[C@@]3(C)[C@]1(C)CC2. The van der Waals surface area contributed by atoms with Gasteiger partial charge in [-0.1, -0.05) is 27.7 Å². The number of carbonyl (C=O) groups is 4. The number of methoxy groups -OCH3 is 1. The summed E-state index contributed by atoms with van der Waals surface area (Å²) < 4.78 is 72.2. The molecule has 0 heterocycles. The smallest absolute Gasteiger partial charge is 0.469 e. The average Bonchev–Trinajstić information content (AvgIpc) is 2.96. The highest BCUT2D eigenvalue weighted by Crippen LogP contribution is 2.74. The van der Waals surface area contributed by atoms with Gasteiger partial charge in [-0.25, -0.2) is 0 Å². The lowest BCUT2D eigenvalue weighted by Gasteiger charge is -2.68. The maximum Gasteiger partial charge on any atom is 0.534 e. The number of aliphatic hydroxyl groups is 1. The number of Topliss-reactive ketones (excluding diaryl/α,β-unsaturated/α-hetero) is 2. The highest BCUT2D eigenvalue weighted by atomic mass is 32.2. The molecule has 0 aromatic rings. The summed E-state index contributed by atoms with van der Waals surface area (Å²) in [6, 6.07) is 0. The summed E-state index contributed by atoms with van der Waals surface area (Å²) in [5.74, 6) is -4.37. The minimum Gasteiger partial charge on any atom is -0.469 e. The van der Waals surface area contributed by atoms with Crippen molar-refractivity contribution < 1.29 is 54.8 Å². The third-order valence-electron chi connectivity index (χ3n) is 13.3. The molecule has 0 unspecified atom stereocenters. The number of alkyl halides is 3. The number of carbonyl (C=O) groups excluding carboxylic acids is 4. The van der Waals surface area contributed by atoms with Crippen LogP contribution in [0.4, 0.5) is 13.2 Å². The zero-order chi connectivity index (χ0) is 34.7. The molecule has 0 bridgehead atoms. The van der Waals surface area contributed by atoms with Crippen LogP contribution >= 0.6 is 0 Å². The Morgan fingerprint density at radius 1 is 1.00 bits per heavy atom. The third-order valence-corrected chi connectivity index (χ3v) is 14.2. The zero-order valence-electron chi connectivity index (χ0n) is 27.3. The van der Waals surface area contributed by atoms with Crippen molar-refractivity contribution in [3.05, 3.63) is 23.5 Å². The first-order valence-corrected chi connectivity index (χ1v) is 17.1. The van der Waals surface area contributed by atoms with E-state index in [-0.39, 0.29) is 35.8 Å². The van der Waals surface area contributed by atoms with Gasteiger partial charge < -0.3 is 14.0 Å². The fourth-order valence-electron chi connectivity index (χ4n) is 10.5. The number of hydrogen-bond acceptors (Lipinski definition) is 9. The van der Waals surface area contributed by atoms with E-state index in [0.29, 0.717) is 37.7 Å². The van der Waals surface area contributed by atoms with E-state index in [2.05, 4.69) is 18.0 Å². The number of ketones is 3. The molecule has 4 fully saturated rings. The third kappa shape index (κ3) is 4.31. The molecule has 4 saturated carbocycles. The van der Waals surface area contributed by atoms with Gasteiger partial charge in [-0.2, -0.15) is 21.6 Å². The van der Waals surface area contributed by atoms with Gasteiger partial charge in [0.2, 0.25) is 0 Å². The standard InChI is InChI=1S/C33H43F3O9S/c1-27(2)10-12-32(26(41)44-7)13-11-30(5)23(19(32)15-27)20(38)14-22-29(30,4)9-8-21-28(3,17-37)24(39)18(25(40)31(21,22)6)16-45-46(42,43)33(34,35)36/h14,16,19,21,23,37H,8-13,15,17H2,1-7H3/t19-,21-,23-,28+,29+,30+,31-,32-/m0/s1. The van der Waals surface area contributed by atoms with Crippen molar-refractivity contribution in [1.82, 2.24) is 0 Å². The van der Waals surface area contributed by atoms with Gasteiger partial charge in [0.1, 0.15) is 6.26 Å². The number of hydrogen-bond donors (Lipinski definition) is 1. The molecular weight excluding hydrogens is 629 g/mol. The van der Waals surface area contributed by atoms with Gasteiger partial charge in [-0.3, -0.25) is 19.2 Å². The quantitative estimate of drug-likeness (QED) is 0.106. The summed E-state index contributed by atoms with van der Waals surface area (Å²) in [5.41, 5.74) is -12.3. The van der Waals surface area contributed by atoms with Crippen molar-refractivity contribution in [1.29, 1.82) is 0 Å². The van der Waals surface area contributed by atoms with Crippen molar-refractivity contribution in [2.24, 2.45) is 50.2 Å². The molecule has 5 aliphatic rings. The fraction of sp³-hybridized carbons (Fsp3) is 0.758. The first-order valence-electron chi connectivity index (χ1n) is 15.7. The fourth-order valence-corrected chi connectivity index (χ4v) is 10.8. The predicted molar refractivity (Wildman–Crippen MR) is 158 cm³/mol. The summed E-state index contributed by atoms with van der Waals surface area (Å²) in [6.07, 6.45) is 5.08. The normalized spacial score (nSPS) is 43.1. The summed E-state index contributed by atoms with van der Waals surface area (Å²) >= 11 is 0. The first kappa shape index (κ1) is 34.8. The Kier molecular flexibility index (Phi) is 7.74. The summed E-state index contributed by atoms with van der Waals surface area (Å²) in [4.78, 5) is 56.0. The van der Waals surface area contributed by atoms with E-state index in [9.17, 15) is 45.9 Å². The second kappa shape index (κ2) is 10.2. The second-order valence-corrected chi connectivity index (χ2v) is 17.4. The number of rotatable bonds is 4. The van der Waals surface area contributed by atoms with Crippen molar-refractivity contribution in [3.63, 3.8) is 0 Å². The Balaban J connectivity index is 1.69. The van der Waals surface area contributed by atoms with Gasteiger partial charge in [0.05, 0.1) is 35.5 Å². The molecule has 8 atom stereocenters. The molecule has 1 N–H and O–H groups in total. The van der Waals surface area contributed by atoms with Crippen LogP contribution < -0.4 is 0 Å². The molecule has 5 aliphatic carbocycles. The zero-order valence-corrected chi connectivity index (χ0v) is 28.1. The molecule has 13 heteroatoms. The van der Waals surface area contributed by atoms with Gasteiger partial charge in [-0.15, -0.1) is 0 Å². The highest BCUT2D eigenvalue weighted by molar-refractivity contribution is 7.87. The van der Waals surface area contributed by atoms with Gasteiger partial charge in [0, 0.05) is 5.92 Å². The monoisotopic (exact) mass is 672 g/mol. The van der Waals surface area contributed by atoms with Gasteiger partial charge >= 0.3 is 21.6 Å². The van der Waals surface area contributed by atoms with E-state index in [4.69, 9.17) is 4.74 Å². The Morgan fingerprint density at radius 2 is 1.61 bits per heavy atom. The molecule has 46 heavy (non-hydrogen) atoms. The Bertz CT molecular complexity index is 1580. The minimum atomic E-state index is -6.19. The van der Waals surface area contributed by atoms with Crippen LogP contribution in [0.2, 0.25) is 0 Å². The molecule has 9 nitrogen and oxygen atoms in total. The van der Waals surface area contributed by atoms with E-state index in [1.54, 1.807) is 0 Å². The molecule has 0 aromatic carbocycles. The first-order chi connectivity index (χ1) is 20.9. The second-order valence-electron chi connectivity index (χ2n) is 15.9. The minimum absolute atomic E-state index is 0.0278. The predicted octanol–water partition coefficient (Wildman–Crippen LogP) is 5.22. The summed E-state index contributed by atoms with van der Waals surface area (Å²) in [5, 5.41) is 10.5. The van der Waals surface area contributed by atoms with Crippen molar-refractivity contribution in [3.8, 4) is 0 Å². The van der Waals surface area contributed by atoms with E-state index >= 15 is 0 Å². The lowest BCUT2D eigenvalue weighted by molar-refractivity contribution is -0.192. The Labute approximate surface area is 267 Å². The van der Waals surface area contributed by atoms with Gasteiger partial charge in [0.15, 0.2) is 17.3 Å². The van der Waals surface area contributed by atoms with Crippen LogP contribution in [0.5, 0.6) is 0 Å². The van der Waals surface area contributed by atoms with Crippen LogP contribution in [0.25, 0.3) is 0 Å². The molecule has 0 saturated heterocycles. The van der Waals surface area contributed by atoms with Crippen LogP contribution in [0.3, 0.4) is 0 Å².